The second kappa shape index (κ2) is 11.3. The molecule has 5 rings (SSSR count). The van der Waals surface area contributed by atoms with E-state index in [4.69, 9.17) is 4.74 Å². The molecule has 3 aromatic heterocycles. The molecule has 42 heavy (non-hydrogen) atoms. The molecule has 5 aromatic rings. The summed E-state index contributed by atoms with van der Waals surface area (Å²) >= 11 is 0. The summed E-state index contributed by atoms with van der Waals surface area (Å²) < 4.78 is 49.3. The highest BCUT2D eigenvalue weighted by atomic mass is 32.2. The Morgan fingerprint density at radius 1 is 1.05 bits per heavy atom. The van der Waals surface area contributed by atoms with Gasteiger partial charge < -0.3 is 10.1 Å². The van der Waals surface area contributed by atoms with Crippen LogP contribution in [0.25, 0.3) is 10.9 Å². The lowest BCUT2D eigenvalue weighted by Crippen LogP contribution is -2.22. The zero-order valence-electron chi connectivity index (χ0n) is 23.6. The number of nitrogens with one attached hydrogen (secondary N) is 1. The number of pyridine rings is 2. The van der Waals surface area contributed by atoms with E-state index in [9.17, 15) is 13.2 Å². The van der Waals surface area contributed by atoms with Crippen LogP contribution < -0.4 is 10.1 Å². The van der Waals surface area contributed by atoms with E-state index < -0.39 is 15.7 Å². The standard InChI is InChI=1S/C31H30FN5O4S/c1-20-13-21(15-29(38)36-23-17-35-37(18-23)31(2,3)4)14-26(32)30(20)41-28-10-12-34-27-9-8-24(16-25(27)28)42(39,40)19-22-7-5-6-11-33-22/h5-14,16-18H,15,19H2,1-4H3,(H,36,38). The number of ether oxygens (including phenoxy) is 1. The number of carbonyl (C=O) groups excluding carboxylic acids is 1. The van der Waals surface area contributed by atoms with Gasteiger partial charge >= 0.3 is 0 Å². The van der Waals surface area contributed by atoms with Crippen molar-refractivity contribution in [2.75, 3.05) is 5.32 Å². The van der Waals surface area contributed by atoms with Gasteiger partial charge in [0.2, 0.25) is 5.91 Å². The van der Waals surface area contributed by atoms with Crippen LogP contribution in [0.1, 0.15) is 37.6 Å². The van der Waals surface area contributed by atoms with Gasteiger partial charge in [0.05, 0.1) is 45.7 Å². The van der Waals surface area contributed by atoms with Crippen molar-refractivity contribution in [1.82, 2.24) is 19.7 Å². The number of carbonyl (C=O) groups is 1. The number of hydrogen-bond acceptors (Lipinski definition) is 7. The maximum absolute atomic E-state index is 15.3. The van der Waals surface area contributed by atoms with Crippen molar-refractivity contribution in [3.63, 3.8) is 0 Å². The van der Waals surface area contributed by atoms with Gasteiger partial charge in [-0.15, -0.1) is 0 Å². The van der Waals surface area contributed by atoms with Crippen LogP contribution in [0.2, 0.25) is 0 Å². The van der Waals surface area contributed by atoms with Gasteiger partial charge in [-0.25, -0.2) is 12.8 Å². The van der Waals surface area contributed by atoms with E-state index in [0.717, 1.165) is 0 Å². The molecule has 0 aliphatic heterocycles. The number of sulfone groups is 1. The van der Waals surface area contributed by atoms with E-state index >= 15 is 4.39 Å². The molecule has 0 aliphatic rings. The molecule has 1 amide bonds. The second-order valence-electron chi connectivity index (χ2n) is 11.0. The number of benzene rings is 2. The van der Waals surface area contributed by atoms with Crippen molar-refractivity contribution >= 4 is 32.3 Å². The van der Waals surface area contributed by atoms with E-state index in [-0.39, 0.29) is 40.0 Å². The van der Waals surface area contributed by atoms with Gasteiger partial charge in [0.15, 0.2) is 21.4 Å². The molecule has 1 N–H and O–H groups in total. The number of hydrogen-bond donors (Lipinski definition) is 1. The number of fused-ring (bicyclic) bond motifs is 1. The Labute approximate surface area is 243 Å². The van der Waals surface area contributed by atoms with E-state index in [0.29, 0.717) is 33.4 Å². The molecule has 0 aliphatic carbocycles. The summed E-state index contributed by atoms with van der Waals surface area (Å²) in [4.78, 5) is 21.1. The zero-order valence-corrected chi connectivity index (χ0v) is 24.4. The maximum atomic E-state index is 15.3. The molecule has 0 fully saturated rings. The first kappa shape index (κ1) is 28.9. The van der Waals surface area contributed by atoms with Crippen LogP contribution in [0.4, 0.5) is 10.1 Å². The SMILES string of the molecule is Cc1cc(CC(=O)Nc2cnn(C(C)(C)C)c2)cc(F)c1Oc1ccnc2ccc(S(=O)(=O)Cc3ccccn3)cc12. The first-order valence-electron chi connectivity index (χ1n) is 13.2. The summed E-state index contributed by atoms with van der Waals surface area (Å²) in [6, 6.07) is 14.1. The van der Waals surface area contributed by atoms with Crippen LogP contribution >= 0.6 is 0 Å². The summed E-state index contributed by atoms with van der Waals surface area (Å²) in [5, 5.41) is 7.48. The number of aryl methyl sites for hydroxylation is 1. The Balaban J connectivity index is 1.36. The second-order valence-corrected chi connectivity index (χ2v) is 13.0. The zero-order chi connectivity index (χ0) is 30.1. The van der Waals surface area contributed by atoms with Crippen LogP contribution in [0.15, 0.2) is 84.3 Å². The van der Waals surface area contributed by atoms with Crippen molar-refractivity contribution in [3.8, 4) is 11.5 Å². The molecule has 216 valence electrons. The van der Waals surface area contributed by atoms with E-state index in [2.05, 4.69) is 20.4 Å². The minimum atomic E-state index is -3.72. The Kier molecular flexibility index (Phi) is 7.79. The predicted molar refractivity (Wildman–Crippen MR) is 158 cm³/mol. The molecule has 0 unspecified atom stereocenters. The van der Waals surface area contributed by atoms with Crippen molar-refractivity contribution in [1.29, 1.82) is 0 Å². The molecule has 11 heteroatoms. The largest absolute Gasteiger partial charge is 0.453 e. The average molecular weight is 588 g/mol. The third-order valence-electron chi connectivity index (χ3n) is 6.52. The van der Waals surface area contributed by atoms with Gasteiger partial charge in [-0.2, -0.15) is 5.10 Å². The topological polar surface area (TPSA) is 116 Å². The molecular weight excluding hydrogens is 557 g/mol. The van der Waals surface area contributed by atoms with E-state index in [1.807, 2.05) is 20.8 Å². The van der Waals surface area contributed by atoms with Crippen molar-refractivity contribution < 1.29 is 22.3 Å². The molecule has 0 saturated heterocycles. The van der Waals surface area contributed by atoms with Crippen LogP contribution in [-0.2, 0) is 32.3 Å². The van der Waals surface area contributed by atoms with Crippen LogP contribution in [0, 0.1) is 12.7 Å². The molecule has 9 nitrogen and oxygen atoms in total. The first-order chi connectivity index (χ1) is 19.9. The minimum absolute atomic E-state index is 0.0279. The normalized spacial score (nSPS) is 11.9. The third kappa shape index (κ3) is 6.46. The molecule has 2 aromatic carbocycles. The lowest BCUT2D eigenvalue weighted by Gasteiger charge is -2.18. The number of aromatic nitrogens is 4. The lowest BCUT2D eigenvalue weighted by atomic mass is 10.1. The molecule has 0 saturated carbocycles. The predicted octanol–water partition coefficient (Wildman–Crippen LogP) is 5.98. The number of nitrogens with zero attached hydrogens (tertiary/aromatic N) is 4. The number of anilines is 1. The number of rotatable bonds is 8. The smallest absolute Gasteiger partial charge is 0.228 e. The van der Waals surface area contributed by atoms with Crippen molar-refractivity contribution in [2.45, 2.75) is 50.3 Å². The van der Waals surface area contributed by atoms with Crippen molar-refractivity contribution in [2.24, 2.45) is 0 Å². The Hall–Kier alpha value is -4.64. The van der Waals surface area contributed by atoms with Gasteiger partial charge in [0, 0.05) is 24.0 Å². The molecule has 0 bridgehead atoms. The molecule has 0 atom stereocenters. The highest BCUT2D eigenvalue weighted by Crippen LogP contribution is 2.34. The summed E-state index contributed by atoms with van der Waals surface area (Å²) in [6.45, 7) is 7.68. The fourth-order valence-corrected chi connectivity index (χ4v) is 5.73. The fourth-order valence-electron chi connectivity index (χ4n) is 4.43. The van der Waals surface area contributed by atoms with E-state index in [1.165, 1.54) is 30.6 Å². The maximum Gasteiger partial charge on any atom is 0.228 e. The summed E-state index contributed by atoms with van der Waals surface area (Å²) in [6.07, 6.45) is 6.31. The quantitative estimate of drug-likeness (QED) is 0.238. The van der Waals surface area contributed by atoms with Gasteiger partial charge in [0.25, 0.3) is 0 Å². The monoisotopic (exact) mass is 587 g/mol. The van der Waals surface area contributed by atoms with Crippen LogP contribution in [0.5, 0.6) is 11.5 Å². The van der Waals surface area contributed by atoms with Gasteiger partial charge in [-0.05, 0) is 81.3 Å². The Morgan fingerprint density at radius 3 is 2.55 bits per heavy atom. The molecule has 0 radical (unpaired) electrons. The number of halogens is 1. The lowest BCUT2D eigenvalue weighted by molar-refractivity contribution is -0.115. The summed E-state index contributed by atoms with van der Waals surface area (Å²) in [7, 11) is -3.72. The average Bonchev–Trinajstić information content (AvgIpc) is 3.40. The molecule has 0 spiro atoms. The Bertz CT molecular complexity index is 1860. The molecule has 3 heterocycles. The van der Waals surface area contributed by atoms with Crippen molar-refractivity contribution in [3.05, 3.63) is 102 Å². The van der Waals surface area contributed by atoms with Crippen LogP contribution in [0.3, 0.4) is 0 Å². The van der Waals surface area contributed by atoms with E-state index in [1.54, 1.807) is 60.4 Å². The van der Waals surface area contributed by atoms with Gasteiger partial charge in [0.1, 0.15) is 5.75 Å². The fraction of sp³-hybridized carbons (Fsp3) is 0.226. The number of amides is 1. The van der Waals surface area contributed by atoms with Crippen LogP contribution in [-0.4, -0.2) is 34.1 Å². The highest BCUT2D eigenvalue weighted by Gasteiger charge is 2.20. The highest BCUT2D eigenvalue weighted by molar-refractivity contribution is 7.90. The van der Waals surface area contributed by atoms with Gasteiger partial charge in [-0.3, -0.25) is 19.4 Å². The first-order valence-corrected chi connectivity index (χ1v) is 14.9. The molecular formula is C31H30FN5O4S. The minimum Gasteiger partial charge on any atom is -0.453 e. The summed E-state index contributed by atoms with van der Waals surface area (Å²) in [5.74, 6) is -1.01. The Morgan fingerprint density at radius 2 is 1.86 bits per heavy atom. The summed E-state index contributed by atoms with van der Waals surface area (Å²) in [5.41, 5.74) is 2.19. The van der Waals surface area contributed by atoms with Gasteiger partial charge in [-0.1, -0.05) is 12.1 Å². The third-order valence-corrected chi connectivity index (χ3v) is 8.16.